The van der Waals surface area contributed by atoms with Crippen molar-refractivity contribution in [2.75, 3.05) is 5.32 Å². The van der Waals surface area contributed by atoms with Crippen LogP contribution in [-0.2, 0) is 4.79 Å². The summed E-state index contributed by atoms with van der Waals surface area (Å²) in [6.07, 6.45) is 5.16. The third-order valence-corrected chi connectivity index (χ3v) is 6.93. The molecule has 0 aliphatic heterocycles. The van der Waals surface area contributed by atoms with E-state index in [0.29, 0.717) is 51.2 Å². The number of pyridine rings is 2. The highest BCUT2D eigenvalue weighted by atomic mass is 32.1. The van der Waals surface area contributed by atoms with Crippen molar-refractivity contribution >= 4 is 44.9 Å². The predicted molar refractivity (Wildman–Crippen MR) is 139 cm³/mol. The molecule has 10 heteroatoms. The summed E-state index contributed by atoms with van der Waals surface area (Å²) in [6.45, 7) is 3.81. The number of aromatic nitrogens is 6. The van der Waals surface area contributed by atoms with E-state index < -0.39 is 5.82 Å². The highest BCUT2D eigenvalue weighted by Gasteiger charge is 2.21. The first-order valence-electron chi connectivity index (χ1n) is 11.4. The molecule has 0 aliphatic rings. The third kappa shape index (κ3) is 3.72. The molecule has 0 atom stereocenters. The molecule has 8 nitrogen and oxygen atoms in total. The molecule has 1 aromatic carbocycles. The van der Waals surface area contributed by atoms with Gasteiger partial charge in [-0.3, -0.25) is 19.9 Å². The summed E-state index contributed by atoms with van der Waals surface area (Å²) in [5, 5.41) is 10.4. The number of carbonyl (C=O) groups is 1. The van der Waals surface area contributed by atoms with Crippen LogP contribution in [0.15, 0.2) is 55.0 Å². The number of rotatable bonds is 5. The average Bonchev–Trinajstić information content (AvgIpc) is 3.62. The van der Waals surface area contributed by atoms with E-state index in [-0.39, 0.29) is 5.91 Å². The first-order valence-corrected chi connectivity index (χ1v) is 12.2. The fraction of sp³-hybridized carbons (Fsp3) is 0.115. The van der Waals surface area contributed by atoms with Crippen molar-refractivity contribution in [2.24, 2.45) is 0 Å². The average molecular weight is 498 g/mol. The van der Waals surface area contributed by atoms with Gasteiger partial charge in [0.05, 0.1) is 33.2 Å². The number of imidazole rings is 1. The summed E-state index contributed by atoms with van der Waals surface area (Å²) in [7, 11) is 0. The lowest BCUT2D eigenvalue weighted by Crippen LogP contribution is -2.09. The Bertz CT molecular complexity index is 1770. The maximum absolute atomic E-state index is 16.0. The molecule has 1 amide bonds. The Kier molecular flexibility index (Phi) is 5.30. The molecule has 3 N–H and O–H groups in total. The summed E-state index contributed by atoms with van der Waals surface area (Å²) in [4.78, 5) is 30.7. The molecule has 0 saturated carbocycles. The van der Waals surface area contributed by atoms with Crippen LogP contribution in [0, 0.1) is 12.7 Å². The van der Waals surface area contributed by atoms with Gasteiger partial charge in [0, 0.05) is 34.8 Å². The molecule has 0 bridgehead atoms. The van der Waals surface area contributed by atoms with Crippen LogP contribution < -0.4 is 5.32 Å². The topological polar surface area (TPSA) is 112 Å². The molecule has 0 radical (unpaired) electrons. The summed E-state index contributed by atoms with van der Waals surface area (Å²) < 4.78 is 16.0. The molecule has 0 unspecified atom stereocenters. The minimum absolute atomic E-state index is 0.140. The van der Waals surface area contributed by atoms with E-state index in [1.165, 1.54) is 11.1 Å². The van der Waals surface area contributed by atoms with E-state index in [1.54, 1.807) is 48.9 Å². The smallest absolute Gasteiger partial charge is 0.224 e. The fourth-order valence-corrected chi connectivity index (χ4v) is 5.03. The zero-order valence-electron chi connectivity index (χ0n) is 19.4. The second-order valence-electron chi connectivity index (χ2n) is 8.34. The molecule has 0 aliphatic carbocycles. The number of hydrogen-bond donors (Lipinski definition) is 3. The zero-order valence-corrected chi connectivity index (χ0v) is 20.2. The van der Waals surface area contributed by atoms with Crippen molar-refractivity contribution < 1.29 is 9.18 Å². The van der Waals surface area contributed by atoms with Gasteiger partial charge in [0.25, 0.3) is 0 Å². The number of H-pyrrole nitrogens is 2. The lowest BCUT2D eigenvalue weighted by molar-refractivity contribution is -0.115. The maximum atomic E-state index is 16.0. The first kappa shape index (κ1) is 22.1. The van der Waals surface area contributed by atoms with Gasteiger partial charge >= 0.3 is 0 Å². The molecule has 36 heavy (non-hydrogen) atoms. The number of aromatic amines is 2. The van der Waals surface area contributed by atoms with Crippen LogP contribution in [0.25, 0.3) is 55.2 Å². The number of nitrogens with one attached hydrogen (secondary N) is 3. The van der Waals surface area contributed by atoms with Gasteiger partial charge in [-0.2, -0.15) is 5.10 Å². The molecule has 0 fully saturated rings. The van der Waals surface area contributed by atoms with Crippen LogP contribution in [-0.4, -0.2) is 36.0 Å². The van der Waals surface area contributed by atoms with Gasteiger partial charge in [-0.05, 0) is 43.3 Å². The van der Waals surface area contributed by atoms with E-state index >= 15 is 4.39 Å². The van der Waals surface area contributed by atoms with Gasteiger partial charge in [-0.15, -0.1) is 11.3 Å². The van der Waals surface area contributed by atoms with Crippen LogP contribution >= 0.6 is 11.3 Å². The van der Waals surface area contributed by atoms with Crippen molar-refractivity contribution in [3.63, 3.8) is 0 Å². The molecule has 178 valence electrons. The van der Waals surface area contributed by atoms with Gasteiger partial charge < -0.3 is 10.3 Å². The lowest BCUT2D eigenvalue weighted by Gasteiger charge is -2.08. The highest BCUT2D eigenvalue weighted by Crippen LogP contribution is 2.36. The Balaban J connectivity index is 1.47. The minimum Gasteiger partial charge on any atom is -0.336 e. The van der Waals surface area contributed by atoms with Gasteiger partial charge in [0.2, 0.25) is 5.91 Å². The SMILES string of the molecule is CCC(=O)Nc1cncc(-c2ccc3[nH]nc(-c4nc5c(-c6ccc(C)s6)nccc5[nH]4)c3c2F)c1. The number of anilines is 1. The van der Waals surface area contributed by atoms with E-state index in [2.05, 4.69) is 30.5 Å². The van der Waals surface area contributed by atoms with Crippen LogP contribution in [0.1, 0.15) is 18.2 Å². The summed E-state index contributed by atoms with van der Waals surface area (Å²) in [5.41, 5.74) is 4.57. The van der Waals surface area contributed by atoms with Gasteiger partial charge in [0.1, 0.15) is 22.7 Å². The van der Waals surface area contributed by atoms with Crippen molar-refractivity contribution in [3.8, 4) is 33.2 Å². The Hall–Kier alpha value is -4.44. The van der Waals surface area contributed by atoms with Crippen LogP contribution in [0.3, 0.4) is 0 Å². The van der Waals surface area contributed by atoms with Gasteiger partial charge in [-0.25, -0.2) is 9.37 Å². The normalized spacial score (nSPS) is 11.4. The molecule has 6 aromatic rings. The van der Waals surface area contributed by atoms with E-state index in [9.17, 15) is 4.79 Å². The summed E-state index contributed by atoms with van der Waals surface area (Å²) in [5.74, 6) is -0.153. The number of carbonyl (C=O) groups excluding carboxylic acids is 1. The highest BCUT2D eigenvalue weighted by molar-refractivity contribution is 7.15. The number of aryl methyl sites for hydroxylation is 1. The molecular formula is C26H20FN7OS. The minimum atomic E-state index is -0.454. The van der Waals surface area contributed by atoms with Crippen molar-refractivity contribution in [1.29, 1.82) is 0 Å². The number of thiophene rings is 1. The van der Waals surface area contributed by atoms with Crippen molar-refractivity contribution in [1.82, 2.24) is 30.1 Å². The molecule has 5 heterocycles. The molecule has 5 aromatic heterocycles. The van der Waals surface area contributed by atoms with E-state index in [0.717, 1.165) is 16.1 Å². The number of fused-ring (bicyclic) bond motifs is 2. The summed E-state index contributed by atoms with van der Waals surface area (Å²) >= 11 is 1.64. The number of hydrogen-bond acceptors (Lipinski definition) is 6. The van der Waals surface area contributed by atoms with Gasteiger partial charge in [-0.1, -0.05) is 6.92 Å². The van der Waals surface area contributed by atoms with Crippen LogP contribution in [0.2, 0.25) is 0 Å². The number of nitrogens with zero attached hydrogens (tertiary/aromatic N) is 4. The van der Waals surface area contributed by atoms with Gasteiger partial charge in [0.15, 0.2) is 5.82 Å². The molecule has 0 saturated heterocycles. The van der Waals surface area contributed by atoms with E-state index in [4.69, 9.17) is 4.98 Å². The Morgan fingerprint density at radius 3 is 2.81 bits per heavy atom. The summed E-state index contributed by atoms with van der Waals surface area (Å²) in [6, 6.07) is 11.1. The number of amides is 1. The fourth-order valence-electron chi connectivity index (χ4n) is 4.16. The third-order valence-electron chi connectivity index (χ3n) is 5.92. The Morgan fingerprint density at radius 1 is 1.11 bits per heavy atom. The predicted octanol–water partition coefficient (Wildman–Crippen LogP) is 6.09. The molecular weight excluding hydrogens is 477 g/mol. The largest absolute Gasteiger partial charge is 0.336 e. The number of halogens is 1. The standard InChI is InChI=1S/C26H20FN7OS/c1-3-20(35)30-15-10-14(11-28-12-15)16-5-6-17-21(22(16)27)25(34-33-17)26-31-18-8-9-29-24(23(18)32-26)19-7-4-13(2)36-19/h4-12H,3H2,1-2H3,(H,30,35)(H,31,32)(H,33,34). The maximum Gasteiger partial charge on any atom is 0.224 e. The number of benzene rings is 1. The first-order chi connectivity index (χ1) is 17.5. The quantitative estimate of drug-likeness (QED) is 0.267. The molecule has 0 spiro atoms. The van der Waals surface area contributed by atoms with Crippen LogP contribution in [0.4, 0.5) is 10.1 Å². The monoisotopic (exact) mass is 497 g/mol. The van der Waals surface area contributed by atoms with Crippen molar-refractivity contribution in [2.45, 2.75) is 20.3 Å². The second kappa shape index (κ2) is 8.65. The van der Waals surface area contributed by atoms with Crippen molar-refractivity contribution in [3.05, 3.63) is 65.7 Å². The molecule has 6 rings (SSSR count). The van der Waals surface area contributed by atoms with E-state index in [1.807, 2.05) is 25.1 Å². The van der Waals surface area contributed by atoms with Crippen LogP contribution in [0.5, 0.6) is 0 Å². The Labute approximate surface area is 208 Å². The second-order valence-corrected chi connectivity index (χ2v) is 9.63. The Morgan fingerprint density at radius 2 is 2.00 bits per heavy atom. The lowest BCUT2D eigenvalue weighted by atomic mass is 10.0. The zero-order chi connectivity index (χ0) is 24.8.